The quantitative estimate of drug-likeness (QED) is 0.394. The van der Waals surface area contributed by atoms with Crippen LogP contribution in [0.3, 0.4) is 0 Å². The molecule has 0 atom stereocenters. The van der Waals surface area contributed by atoms with E-state index in [1.165, 1.54) is 5.56 Å². The first-order chi connectivity index (χ1) is 10.6. The van der Waals surface area contributed by atoms with Gasteiger partial charge in [0.15, 0.2) is 4.77 Å². The highest BCUT2D eigenvalue weighted by Crippen LogP contribution is 2.12. The predicted molar refractivity (Wildman–Crippen MR) is 89.7 cm³/mol. The Labute approximate surface area is 132 Å². The number of H-pyrrole nitrogens is 2. The van der Waals surface area contributed by atoms with E-state index in [0.29, 0.717) is 10.3 Å². The van der Waals surface area contributed by atoms with Crippen molar-refractivity contribution in [1.82, 2.24) is 15.4 Å². The molecule has 0 unspecified atom stereocenters. The van der Waals surface area contributed by atoms with Crippen LogP contribution in [0, 0.1) is 11.7 Å². The van der Waals surface area contributed by atoms with E-state index in [0.717, 1.165) is 16.6 Å². The van der Waals surface area contributed by atoms with Gasteiger partial charge in [0.2, 0.25) is 0 Å². The van der Waals surface area contributed by atoms with Crippen molar-refractivity contribution in [3.8, 4) is 0 Å². The summed E-state index contributed by atoms with van der Waals surface area (Å²) in [5.41, 5.74) is 6.79. The maximum atomic E-state index is 12.1. The fourth-order valence-corrected chi connectivity index (χ4v) is 2.28. The monoisotopic (exact) mass is 310 g/mol. The summed E-state index contributed by atoms with van der Waals surface area (Å²) >= 11 is 5.02. The molecule has 0 fully saturated rings. The molecular weight excluding hydrogens is 296 g/mol. The Balaban J connectivity index is 1.72. The van der Waals surface area contributed by atoms with Crippen molar-refractivity contribution < 1.29 is 4.79 Å². The number of fused-ring (bicyclic) bond motifs is 1. The largest absolute Gasteiger partial charge is 0.331 e. The van der Waals surface area contributed by atoms with E-state index >= 15 is 0 Å². The highest BCUT2D eigenvalue weighted by molar-refractivity contribution is 7.71. The van der Waals surface area contributed by atoms with Crippen molar-refractivity contribution in [1.29, 1.82) is 0 Å². The molecule has 22 heavy (non-hydrogen) atoms. The smallest absolute Gasteiger partial charge is 0.271 e. The Hall–Kier alpha value is -2.73. The minimum absolute atomic E-state index is 0.272. The number of nitrogens with zero attached hydrogens (tertiary/aromatic N) is 1. The Morgan fingerprint density at radius 1 is 1.14 bits per heavy atom. The second kappa shape index (κ2) is 5.95. The topological polar surface area (TPSA) is 73.0 Å². The number of nitrogens with one attached hydrogen (secondary N) is 3. The first kappa shape index (κ1) is 14.2. The number of hydrogen-bond donors (Lipinski definition) is 3. The summed E-state index contributed by atoms with van der Waals surface area (Å²) in [5.74, 6) is -0.272. The molecule has 0 aliphatic heterocycles. The molecule has 5 nitrogen and oxygen atoms in total. The minimum atomic E-state index is -0.272. The van der Waals surface area contributed by atoms with E-state index in [1.807, 2.05) is 31.2 Å². The molecule has 0 saturated heterocycles. The lowest BCUT2D eigenvalue weighted by molar-refractivity contribution is 0.0955. The molecule has 0 radical (unpaired) electrons. The zero-order valence-corrected chi connectivity index (χ0v) is 12.7. The van der Waals surface area contributed by atoms with Gasteiger partial charge in [0.1, 0.15) is 0 Å². The number of benzene rings is 2. The van der Waals surface area contributed by atoms with Gasteiger partial charge in [0.25, 0.3) is 5.91 Å². The number of carbonyl (C=O) groups is 1. The molecule has 110 valence electrons. The molecular formula is C16H14N4OS. The number of imidazole rings is 1. The molecule has 0 spiro atoms. The highest BCUT2D eigenvalue weighted by atomic mass is 32.1. The Kier molecular flexibility index (Phi) is 3.84. The van der Waals surface area contributed by atoms with E-state index in [1.54, 1.807) is 24.4 Å². The number of aromatic amines is 2. The normalized spacial score (nSPS) is 11.1. The Morgan fingerprint density at radius 3 is 2.64 bits per heavy atom. The minimum Gasteiger partial charge on any atom is -0.331 e. The maximum Gasteiger partial charge on any atom is 0.271 e. The summed E-state index contributed by atoms with van der Waals surface area (Å²) in [5, 5.41) is 3.97. The number of aryl methyl sites for hydroxylation is 1. The molecule has 6 heteroatoms. The van der Waals surface area contributed by atoms with Gasteiger partial charge in [0.05, 0.1) is 17.2 Å². The third-order valence-electron chi connectivity index (χ3n) is 3.24. The van der Waals surface area contributed by atoms with Crippen LogP contribution in [0.4, 0.5) is 0 Å². The zero-order chi connectivity index (χ0) is 15.5. The standard InChI is InChI=1S/C16H14N4OS/c1-10-2-4-11(5-3-10)9-17-20-15(21)12-6-7-13-14(8-12)19-16(22)18-13/h2-9H,1H3,(H,20,21)(H2,18,19,22)/b17-9-. The lowest BCUT2D eigenvalue weighted by Gasteiger charge is -2.00. The van der Waals surface area contributed by atoms with Crippen LogP contribution in [0.5, 0.6) is 0 Å². The van der Waals surface area contributed by atoms with Gasteiger partial charge in [0, 0.05) is 5.56 Å². The summed E-state index contributed by atoms with van der Waals surface area (Å²) in [4.78, 5) is 18.0. The SMILES string of the molecule is Cc1ccc(/C=N\NC(=O)c2ccc3[nH]c(=S)[nH]c3c2)cc1. The summed E-state index contributed by atoms with van der Waals surface area (Å²) in [7, 11) is 0. The number of amides is 1. The van der Waals surface area contributed by atoms with Gasteiger partial charge in [-0.2, -0.15) is 5.10 Å². The second-order valence-electron chi connectivity index (χ2n) is 4.95. The van der Waals surface area contributed by atoms with Crippen LogP contribution in [-0.2, 0) is 0 Å². The van der Waals surface area contributed by atoms with Crippen molar-refractivity contribution in [3.05, 3.63) is 63.9 Å². The lowest BCUT2D eigenvalue weighted by Crippen LogP contribution is -2.17. The first-order valence-corrected chi connectivity index (χ1v) is 7.15. The molecule has 0 saturated carbocycles. The molecule has 3 N–H and O–H groups in total. The summed E-state index contributed by atoms with van der Waals surface area (Å²) in [6.45, 7) is 2.02. The molecule has 1 amide bonds. The van der Waals surface area contributed by atoms with Crippen LogP contribution < -0.4 is 5.43 Å². The third kappa shape index (κ3) is 3.12. The molecule has 0 aliphatic rings. The van der Waals surface area contributed by atoms with E-state index in [4.69, 9.17) is 12.2 Å². The van der Waals surface area contributed by atoms with Gasteiger partial charge in [-0.05, 0) is 42.9 Å². The van der Waals surface area contributed by atoms with Gasteiger partial charge in [-0.15, -0.1) is 0 Å². The molecule has 1 aromatic heterocycles. The lowest BCUT2D eigenvalue weighted by atomic mass is 10.2. The Morgan fingerprint density at radius 2 is 1.86 bits per heavy atom. The van der Waals surface area contributed by atoms with Gasteiger partial charge in [-0.1, -0.05) is 29.8 Å². The molecule has 3 aromatic rings. The molecule has 2 aromatic carbocycles. The number of carbonyl (C=O) groups excluding carboxylic acids is 1. The van der Waals surface area contributed by atoms with Crippen LogP contribution in [0.15, 0.2) is 47.6 Å². The van der Waals surface area contributed by atoms with E-state index in [-0.39, 0.29) is 5.91 Å². The summed E-state index contributed by atoms with van der Waals surface area (Å²) in [6, 6.07) is 13.1. The van der Waals surface area contributed by atoms with Gasteiger partial charge in [-0.3, -0.25) is 4.79 Å². The average molecular weight is 310 g/mol. The predicted octanol–water partition coefficient (Wildman–Crippen LogP) is 3.30. The van der Waals surface area contributed by atoms with Gasteiger partial charge < -0.3 is 9.97 Å². The van der Waals surface area contributed by atoms with Crippen LogP contribution in [0.2, 0.25) is 0 Å². The maximum absolute atomic E-state index is 12.1. The second-order valence-corrected chi connectivity index (χ2v) is 5.36. The first-order valence-electron chi connectivity index (χ1n) is 6.74. The van der Waals surface area contributed by atoms with Crippen molar-refractivity contribution in [2.24, 2.45) is 5.10 Å². The number of hydrazone groups is 1. The van der Waals surface area contributed by atoms with Crippen LogP contribution in [0.25, 0.3) is 11.0 Å². The summed E-state index contributed by atoms with van der Waals surface area (Å²) in [6.07, 6.45) is 1.61. The van der Waals surface area contributed by atoms with E-state index in [9.17, 15) is 4.79 Å². The van der Waals surface area contributed by atoms with E-state index in [2.05, 4.69) is 20.5 Å². The van der Waals surface area contributed by atoms with E-state index < -0.39 is 0 Å². The number of aromatic nitrogens is 2. The van der Waals surface area contributed by atoms with Gasteiger partial charge >= 0.3 is 0 Å². The zero-order valence-electron chi connectivity index (χ0n) is 11.9. The molecule has 1 heterocycles. The fraction of sp³-hybridized carbons (Fsp3) is 0.0625. The number of rotatable bonds is 3. The average Bonchev–Trinajstić information content (AvgIpc) is 2.88. The highest BCUT2D eigenvalue weighted by Gasteiger charge is 2.06. The van der Waals surface area contributed by atoms with Crippen LogP contribution in [-0.4, -0.2) is 22.1 Å². The third-order valence-corrected chi connectivity index (χ3v) is 3.44. The summed E-state index contributed by atoms with van der Waals surface area (Å²) < 4.78 is 0.532. The van der Waals surface area contributed by atoms with Crippen molar-refractivity contribution in [2.75, 3.05) is 0 Å². The van der Waals surface area contributed by atoms with Crippen LogP contribution >= 0.6 is 12.2 Å². The molecule has 0 bridgehead atoms. The van der Waals surface area contributed by atoms with Gasteiger partial charge in [-0.25, -0.2) is 5.43 Å². The molecule has 0 aliphatic carbocycles. The Bertz CT molecular complexity index is 906. The fourth-order valence-electron chi connectivity index (χ4n) is 2.06. The van der Waals surface area contributed by atoms with Crippen molar-refractivity contribution >= 4 is 35.4 Å². The van der Waals surface area contributed by atoms with Crippen molar-refractivity contribution in [3.63, 3.8) is 0 Å². The molecule has 3 rings (SSSR count). The van der Waals surface area contributed by atoms with Crippen molar-refractivity contribution in [2.45, 2.75) is 6.92 Å². The van der Waals surface area contributed by atoms with Crippen LogP contribution in [0.1, 0.15) is 21.5 Å². The number of hydrogen-bond acceptors (Lipinski definition) is 3.